The Morgan fingerprint density at radius 3 is 2.38 bits per heavy atom. The number of nitrogens with one attached hydrogen (secondary N) is 2. The molecule has 1 saturated carbocycles. The first-order chi connectivity index (χ1) is 16.3. The second-order valence-electron chi connectivity index (χ2n) is 9.53. The van der Waals surface area contributed by atoms with Crippen molar-refractivity contribution in [2.24, 2.45) is 5.92 Å². The average molecular weight is 477 g/mol. The molecular formula is C24H40N6O4. The fourth-order valence-corrected chi connectivity index (χ4v) is 5.03. The molecule has 4 N–H and O–H groups in total. The second kappa shape index (κ2) is 12.2. The van der Waals surface area contributed by atoms with Crippen molar-refractivity contribution in [2.45, 2.75) is 84.2 Å². The summed E-state index contributed by atoms with van der Waals surface area (Å²) in [5.41, 5.74) is 5.04. The van der Waals surface area contributed by atoms with Gasteiger partial charge in [0.1, 0.15) is 5.82 Å². The number of nitrogens with zero attached hydrogens (tertiary/aromatic N) is 3. The van der Waals surface area contributed by atoms with Crippen LogP contribution in [0.3, 0.4) is 0 Å². The maximum absolute atomic E-state index is 13.1. The zero-order valence-corrected chi connectivity index (χ0v) is 20.6. The van der Waals surface area contributed by atoms with Crippen molar-refractivity contribution >= 4 is 23.3 Å². The maximum atomic E-state index is 13.1. The molecule has 10 heteroatoms. The molecule has 34 heavy (non-hydrogen) atoms. The maximum Gasteiger partial charge on any atom is 0.330 e. The normalized spacial score (nSPS) is 18.1. The number of H-pyrrole nitrogens is 1. The molecule has 2 fully saturated rings. The Hall–Kier alpha value is -2.62. The summed E-state index contributed by atoms with van der Waals surface area (Å²) in [5.74, 6) is 0.126. The van der Waals surface area contributed by atoms with Crippen molar-refractivity contribution in [3.8, 4) is 0 Å². The number of hydrogen-bond acceptors (Lipinski definition) is 6. The van der Waals surface area contributed by atoms with E-state index in [9.17, 15) is 19.2 Å². The van der Waals surface area contributed by atoms with E-state index in [0.29, 0.717) is 19.6 Å². The number of anilines is 2. The Balaban J connectivity index is 1.59. The highest BCUT2D eigenvalue weighted by Crippen LogP contribution is 2.24. The van der Waals surface area contributed by atoms with Gasteiger partial charge in [-0.2, -0.15) is 0 Å². The number of likely N-dealkylation sites (N-methyl/N-ethyl adjacent to an activating group) is 1. The molecule has 0 unspecified atom stereocenters. The standard InChI is InChI=1S/C24H40N6O4/c1-3-5-13-30-21(25)20(23(33)27-24(30)34)29(4-2)19(31)16-28-14-11-18(12-15-28)26-22(32)17-9-7-6-8-10-17/h17-18H,3-16,25H2,1-2H3,(H,26,32)(H,27,33,34). The lowest BCUT2D eigenvalue weighted by Crippen LogP contribution is -2.50. The number of carbonyl (C=O) groups excluding carboxylic acids is 2. The molecule has 0 atom stereocenters. The first-order valence-corrected chi connectivity index (χ1v) is 12.8. The Morgan fingerprint density at radius 2 is 1.76 bits per heavy atom. The fourth-order valence-electron chi connectivity index (χ4n) is 5.03. The Morgan fingerprint density at radius 1 is 1.09 bits per heavy atom. The molecule has 2 aliphatic rings. The number of nitrogens with two attached hydrogens (primary N) is 1. The van der Waals surface area contributed by atoms with Gasteiger partial charge in [-0.05, 0) is 39.0 Å². The minimum Gasteiger partial charge on any atom is -0.383 e. The van der Waals surface area contributed by atoms with E-state index in [0.717, 1.165) is 51.4 Å². The van der Waals surface area contributed by atoms with Gasteiger partial charge >= 0.3 is 5.69 Å². The molecule has 0 bridgehead atoms. The molecule has 10 nitrogen and oxygen atoms in total. The smallest absolute Gasteiger partial charge is 0.330 e. The highest BCUT2D eigenvalue weighted by atomic mass is 16.2. The number of carbonyl (C=O) groups is 2. The van der Waals surface area contributed by atoms with E-state index in [4.69, 9.17) is 5.73 Å². The molecular weight excluding hydrogens is 436 g/mol. The van der Waals surface area contributed by atoms with Crippen LogP contribution in [0.15, 0.2) is 9.59 Å². The molecule has 0 aromatic carbocycles. The summed E-state index contributed by atoms with van der Waals surface area (Å²) < 4.78 is 1.33. The number of nitrogen functional groups attached to an aromatic ring is 1. The first-order valence-electron chi connectivity index (χ1n) is 12.8. The van der Waals surface area contributed by atoms with E-state index in [1.807, 2.05) is 11.8 Å². The van der Waals surface area contributed by atoms with Crippen molar-refractivity contribution < 1.29 is 9.59 Å². The quantitative estimate of drug-likeness (QED) is 0.494. The highest BCUT2D eigenvalue weighted by molar-refractivity contribution is 5.96. The molecule has 0 radical (unpaired) electrons. The number of amides is 2. The van der Waals surface area contributed by atoms with Crippen LogP contribution >= 0.6 is 0 Å². The minimum absolute atomic E-state index is 0.0292. The number of aromatic nitrogens is 2. The number of unbranched alkanes of at least 4 members (excludes halogenated alkanes) is 1. The third-order valence-electron chi connectivity index (χ3n) is 7.11. The van der Waals surface area contributed by atoms with Gasteiger partial charge in [0.05, 0.1) is 6.54 Å². The molecule has 1 aliphatic carbocycles. The van der Waals surface area contributed by atoms with Crippen LogP contribution in [0.2, 0.25) is 0 Å². The van der Waals surface area contributed by atoms with Crippen molar-refractivity contribution in [3.05, 3.63) is 20.8 Å². The Kier molecular flexibility index (Phi) is 9.32. The molecule has 1 aliphatic heterocycles. The summed E-state index contributed by atoms with van der Waals surface area (Å²) in [7, 11) is 0. The van der Waals surface area contributed by atoms with Crippen LogP contribution in [-0.2, 0) is 16.1 Å². The zero-order valence-electron chi connectivity index (χ0n) is 20.6. The predicted molar refractivity (Wildman–Crippen MR) is 133 cm³/mol. The largest absolute Gasteiger partial charge is 0.383 e. The Labute approximate surface area is 200 Å². The summed E-state index contributed by atoms with van der Waals surface area (Å²) in [6.45, 7) is 5.99. The van der Waals surface area contributed by atoms with Crippen LogP contribution in [-0.4, -0.2) is 58.5 Å². The van der Waals surface area contributed by atoms with Gasteiger partial charge in [0.15, 0.2) is 5.69 Å². The summed E-state index contributed by atoms with van der Waals surface area (Å²) in [6, 6.07) is 0.142. The lowest BCUT2D eigenvalue weighted by atomic mass is 9.88. The third kappa shape index (κ3) is 6.28. The average Bonchev–Trinajstić information content (AvgIpc) is 2.83. The lowest BCUT2D eigenvalue weighted by molar-refractivity contribution is -0.127. The van der Waals surface area contributed by atoms with E-state index in [2.05, 4.69) is 10.3 Å². The monoisotopic (exact) mass is 476 g/mol. The van der Waals surface area contributed by atoms with Crippen LogP contribution in [0.1, 0.15) is 71.6 Å². The van der Waals surface area contributed by atoms with Crippen LogP contribution < -0.4 is 27.2 Å². The summed E-state index contributed by atoms with van der Waals surface area (Å²) in [5, 5.41) is 3.21. The van der Waals surface area contributed by atoms with Crippen molar-refractivity contribution in [1.29, 1.82) is 0 Å². The molecule has 0 spiro atoms. The SMILES string of the molecule is CCCCn1c(N)c(N(CC)C(=O)CN2CCC(NC(=O)C3CCCCC3)CC2)c(=O)[nH]c1=O. The summed E-state index contributed by atoms with van der Waals surface area (Å²) in [6.07, 6.45) is 8.66. The molecule has 1 aromatic rings. The van der Waals surface area contributed by atoms with Gasteiger partial charge in [-0.3, -0.25) is 28.8 Å². The van der Waals surface area contributed by atoms with Gasteiger partial charge in [0, 0.05) is 38.1 Å². The molecule has 2 amide bonds. The summed E-state index contributed by atoms with van der Waals surface area (Å²) >= 11 is 0. The van der Waals surface area contributed by atoms with Crippen molar-refractivity contribution in [2.75, 3.05) is 36.8 Å². The van der Waals surface area contributed by atoms with E-state index in [-0.39, 0.29) is 48.4 Å². The third-order valence-corrected chi connectivity index (χ3v) is 7.11. The van der Waals surface area contributed by atoms with Gasteiger partial charge in [-0.1, -0.05) is 32.6 Å². The van der Waals surface area contributed by atoms with Crippen LogP contribution in [0.5, 0.6) is 0 Å². The van der Waals surface area contributed by atoms with Crippen LogP contribution in [0.4, 0.5) is 11.5 Å². The van der Waals surface area contributed by atoms with Gasteiger partial charge < -0.3 is 16.0 Å². The van der Waals surface area contributed by atoms with Crippen LogP contribution in [0, 0.1) is 5.92 Å². The van der Waals surface area contributed by atoms with E-state index < -0.39 is 11.2 Å². The van der Waals surface area contributed by atoms with Gasteiger partial charge in [-0.15, -0.1) is 0 Å². The molecule has 2 heterocycles. The number of aromatic amines is 1. The van der Waals surface area contributed by atoms with E-state index in [1.165, 1.54) is 15.9 Å². The van der Waals surface area contributed by atoms with Gasteiger partial charge in [0.25, 0.3) is 5.56 Å². The highest BCUT2D eigenvalue weighted by Gasteiger charge is 2.28. The fraction of sp³-hybridized carbons (Fsp3) is 0.750. The van der Waals surface area contributed by atoms with Gasteiger partial charge in [-0.25, -0.2) is 4.79 Å². The lowest BCUT2D eigenvalue weighted by Gasteiger charge is -2.34. The zero-order chi connectivity index (χ0) is 24.7. The van der Waals surface area contributed by atoms with Crippen LogP contribution in [0.25, 0.3) is 0 Å². The van der Waals surface area contributed by atoms with E-state index in [1.54, 1.807) is 6.92 Å². The number of rotatable bonds is 9. The Bertz CT molecular complexity index is 957. The molecule has 190 valence electrons. The number of piperidine rings is 1. The van der Waals surface area contributed by atoms with Crippen molar-refractivity contribution in [1.82, 2.24) is 19.8 Å². The minimum atomic E-state index is -0.644. The first kappa shape index (κ1) is 26.0. The summed E-state index contributed by atoms with van der Waals surface area (Å²) in [4.78, 5) is 56.2. The second-order valence-corrected chi connectivity index (χ2v) is 9.53. The van der Waals surface area contributed by atoms with Gasteiger partial charge in [0.2, 0.25) is 11.8 Å². The predicted octanol–water partition coefficient (Wildman–Crippen LogP) is 1.43. The number of hydrogen-bond donors (Lipinski definition) is 3. The van der Waals surface area contributed by atoms with E-state index >= 15 is 0 Å². The molecule has 3 rings (SSSR count). The molecule has 1 saturated heterocycles. The number of likely N-dealkylation sites (tertiary alicyclic amines) is 1. The van der Waals surface area contributed by atoms with Crippen molar-refractivity contribution in [3.63, 3.8) is 0 Å². The molecule has 1 aromatic heterocycles. The topological polar surface area (TPSA) is 134 Å².